The third-order valence-electron chi connectivity index (χ3n) is 3.89. The summed E-state index contributed by atoms with van der Waals surface area (Å²) in [5.41, 5.74) is 6.80. The van der Waals surface area contributed by atoms with E-state index >= 15 is 0 Å². The number of halogens is 2. The maximum atomic E-state index is 13.3. The Labute approximate surface area is 121 Å². The third kappa shape index (κ3) is 3.54. The first kappa shape index (κ1) is 14.9. The van der Waals surface area contributed by atoms with E-state index in [1.165, 1.54) is 6.07 Å². The molecule has 0 radical (unpaired) electrons. The predicted molar refractivity (Wildman–Crippen MR) is 77.2 cm³/mol. The fraction of sp³-hybridized carbons (Fsp3) is 0.571. The molecule has 1 aliphatic rings. The maximum absolute atomic E-state index is 13.3. The first-order chi connectivity index (χ1) is 9.15. The van der Waals surface area contributed by atoms with Gasteiger partial charge in [-0.2, -0.15) is 0 Å². The molecule has 1 saturated carbocycles. The molecule has 3 unspecified atom stereocenters. The molecule has 2 rings (SSSR count). The van der Waals surface area contributed by atoms with E-state index in [0.29, 0.717) is 23.0 Å². The van der Waals surface area contributed by atoms with Gasteiger partial charge >= 0.3 is 0 Å². The van der Waals surface area contributed by atoms with Crippen LogP contribution in [-0.2, 0) is 0 Å². The first-order valence-electron chi connectivity index (χ1n) is 6.67. The molecule has 19 heavy (non-hydrogen) atoms. The van der Waals surface area contributed by atoms with Crippen molar-refractivity contribution in [3.05, 3.63) is 34.1 Å². The van der Waals surface area contributed by atoms with Gasteiger partial charge in [-0.05, 0) is 52.4 Å². The van der Waals surface area contributed by atoms with Crippen LogP contribution in [-0.4, -0.2) is 24.3 Å². The number of benzene rings is 1. The monoisotopic (exact) mass is 330 g/mol. The van der Waals surface area contributed by atoms with Gasteiger partial charge in [-0.3, -0.25) is 0 Å². The topological polar surface area (TPSA) is 58.3 Å². The summed E-state index contributed by atoms with van der Waals surface area (Å²) in [4.78, 5) is 0. The van der Waals surface area contributed by atoms with Crippen molar-refractivity contribution in [2.24, 2.45) is 11.7 Å². The van der Waals surface area contributed by atoms with Crippen LogP contribution in [0, 0.1) is 11.7 Å². The lowest BCUT2D eigenvalue weighted by molar-refractivity contribution is 0.199. The summed E-state index contributed by atoms with van der Waals surface area (Å²) >= 11 is 3.20. The third-order valence-corrected chi connectivity index (χ3v) is 4.50. The van der Waals surface area contributed by atoms with Crippen molar-refractivity contribution < 1.29 is 9.50 Å². The molecular formula is C14H20BrFN2O. The number of rotatable bonds is 5. The van der Waals surface area contributed by atoms with Crippen LogP contribution in [0.25, 0.3) is 0 Å². The minimum atomic E-state index is -0.270. The average Bonchev–Trinajstić information content (AvgIpc) is 2.86. The van der Waals surface area contributed by atoms with Crippen LogP contribution >= 0.6 is 15.9 Å². The molecule has 3 atom stereocenters. The van der Waals surface area contributed by atoms with E-state index in [1.54, 1.807) is 12.1 Å². The Morgan fingerprint density at radius 3 is 2.89 bits per heavy atom. The number of hydrogen-bond acceptors (Lipinski definition) is 3. The molecule has 1 aromatic carbocycles. The fourth-order valence-corrected chi connectivity index (χ4v) is 3.16. The van der Waals surface area contributed by atoms with Gasteiger partial charge in [-0.15, -0.1) is 0 Å². The largest absolute Gasteiger partial charge is 0.396 e. The van der Waals surface area contributed by atoms with Gasteiger partial charge in [-0.1, -0.05) is 12.5 Å². The average molecular weight is 331 g/mol. The Morgan fingerprint density at radius 1 is 1.47 bits per heavy atom. The zero-order valence-electron chi connectivity index (χ0n) is 10.8. The minimum Gasteiger partial charge on any atom is -0.396 e. The Balaban J connectivity index is 2.09. The molecule has 0 saturated heterocycles. The molecule has 4 N–H and O–H groups in total. The maximum Gasteiger partial charge on any atom is 0.137 e. The summed E-state index contributed by atoms with van der Waals surface area (Å²) in [6.07, 6.45) is 3.25. The van der Waals surface area contributed by atoms with Gasteiger partial charge in [0, 0.05) is 25.2 Å². The normalized spacial score (nSPS) is 24.6. The molecule has 0 bridgehead atoms. The lowest BCUT2D eigenvalue weighted by Gasteiger charge is -2.26. The van der Waals surface area contributed by atoms with E-state index in [9.17, 15) is 9.50 Å². The van der Waals surface area contributed by atoms with Gasteiger partial charge < -0.3 is 16.2 Å². The highest BCUT2D eigenvalue weighted by Crippen LogP contribution is 2.28. The Hall–Kier alpha value is -0.490. The van der Waals surface area contributed by atoms with Gasteiger partial charge in [-0.25, -0.2) is 4.39 Å². The smallest absolute Gasteiger partial charge is 0.137 e. The van der Waals surface area contributed by atoms with Crippen LogP contribution in [0.15, 0.2) is 22.7 Å². The molecule has 106 valence electrons. The fourth-order valence-electron chi connectivity index (χ4n) is 2.76. The summed E-state index contributed by atoms with van der Waals surface area (Å²) in [5.74, 6) is 0.0339. The van der Waals surface area contributed by atoms with Crippen molar-refractivity contribution in [2.45, 2.75) is 31.3 Å². The van der Waals surface area contributed by atoms with Crippen LogP contribution in [0.1, 0.15) is 30.9 Å². The lowest BCUT2D eigenvalue weighted by atomic mass is 10.0. The Morgan fingerprint density at radius 2 is 2.26 bits per heavy atom. The van der Waals surface area contributed by atoms with Gasteiger partial charge in [0.05, 0.1) is 4.47 Å². The van der Waals surface area contributed by atoms with Crippen LogP contribution < -0.4 is 11.1 Å². The second kappa shape index (κ2) is 6.79. The number of aliphatic hydroxyl groups excluding tert-OH is 1. The van der Waals surface area contributed by atoms with E-state index in [4.69, 9.17) is 5.73 Å². The number of aliphatic hydroxyl groups is 1. The van der Waals surface area contributed by atoms with Crippen molar-refractivity contribution in [2.75, 3.05) is 13.2 Å². The van der Waals surface area contributed by atoms with Crippen molar-refractivity contribution in [1.82, 2.24) is 5.32 Å². The second-order valence-electron chi connectivity index (χ2n) is 5.11. The highest BCUT2D eigenvalue weighted by molar-refractivity contribution is 9.10. The van der Waals surface area contributed by atoms with Crippen LogP contribution in [0.4, 0.5) is 4.39 Å². The second-order valence-corrected chi connectivity index (χ2v) is 5.96. The van der Waals surface area contributed by atoms with E-state index in [0.717, 1.165) is 24.8 Å². The molecule has 0 heterocycles. The van der Waals surface area contributed by atoms with Crippen LogP contribution in [0.5, 0.6) is 0 Å². The SMILES string of the molecule is NCC(NC1CCCC1CO)c1ccc(F)c(Br)c1. The summed E-state index contributed by atoms with van der Waals surface area (Å²) in [6, 6.07) is 5.26. The quantitative estimate of drug-likeness (QED) is 0.776. The summed E-state index contributed by atoms with van der Waals surface area (Å²) in [7, 11) is 0. The first-order valence-corrected chi connectivity index (χ1v) is 7.47. The molecule has 1 aromatic rings. The number of nitrogens with one attached hydrogen (secondary N) is 1. The molecule has 1 aliphatic carbocycles. The molecule has 5 heteroatoms. The summed E-state index contributed by atoms with van der Waals surface area (Å²) in [6.45, 7) is 0.661. The number of nitrogens with two attached hydrogens (primary N) is 1. The Bertz CT molecular complexity index is 430. The van der Waals surface area contributed by atoms with Crippen LogP contribution in [0.2, 0.25) is 0 Å². The van der Waals surface area contributed by atoms with E-state index in [2.05, 4.69) is 21.2 Å². The van der Waals surface area contributed by atoms with E-state index in [1.807, 2.05) is 0 Å². The molecule has 0 spiro atoms. The molecule has 0 amide bonds. The zero-order chi connectivity index (χ0) is 13.8. The molecular weight excluding hydrogens is 311 g/mol. The Kier molecular flexibility index (Phi) is 5.33. The number of hydrogen-bond donors (Lipinski definition) is 3. The van der Waals surface area contributed by atoms with Gasteiger partial charge in [0.1, 0.15) is 5.82 Å². The zero-order valence-corrected chi connectivity index (χ0v) is 12.4. The van der Waals surface area contributed by atoms with Crippen molar-refractivity contribution in [3.8, 4) is 0 Å². The molecule has 3 nitrogen and oxygen atoms in total. The highest BCUT2D eigenvalue weighted by Gasteiger charge is 2.28. The standard InChI is InChI=1S/C14H20BrFN2O/c15-11-6-9(4-5-12(11)16)14(7-17)18-13-3-1-2-10(13)8-19/h4-6,10,13-14,18-19H,1-3,7-8,17H2. The van der Waals surface area contributed by atoms with Crippen molar-refractivity contribution in [1.29, 1.82) is 0 Å². The predicted octanol–water partition coefficient (Wildman–Crippen LogP) is 2.34. The van der Waals surface area contributed by atoms with Gasteiger partial charge in [0.2, 0.25) is 0 Å². The van der Waals surface area contributed by atoms with Gasteiger partial charge in [0.25, 0.3) is 0 Å². The lowest BCUT2D eigenvalue weighted by Crippen LogP contribution is -2.39. The molecule has 0 aromatic heterocycles. The van der Waals surface area contributed by atoms with Crippen molar-refractivity contribution in [3.63, 3.8) is 0 Å². The van der Waals surface area contributed by atoms with E-state index in [-0.39, 0.29) is 18.5 Å². The van der Waals surface area contributed by atoms with Crippen molar-refractivity contribution >= 4 is 15.9 Å². The van der Waals surface area contributed by atoms with Gasteiger partial charge in [0.15, 0.2) is 0 Å². The highest BCUT2D eigenvalue weighted by atomic mass is 79.9. The molecule has 0 aliphatic heterocycles. The molecule has 1 fully saturated rings. The van der Waals surface area contributed by atoms with E-state index < -0.39 is 0 Å². The minimum absolute atomic E-state index is 0.00551. The summed E-state index contributed by atoms with van der Waals surface area (Å²) in [5, 5.41) is 12.8. The summed E-state index contributed by atoms with van der Waals surface area (Å²) < 4.78 is 13.7. The van der Waals surface area contributed by atoms with Crippen LogP contribution in [0.3, 0.4) is 0 Å².